The van der Waals surface area contributed by atoms with Crippen LogP contribution in [-0.4, -0.2) is 48.1 Å². The molecule has 1 unspecified atom stereocenters. The Balaban J connectivity index is 2.12. The summed E-state index contributed by atoms with van der Waals surface area (Å²) in [4.78, 5) is 13.6. The van der Waals surface area contributed by atoms with Crippen LogP contribution in [0.2, 0.25) is 0 Å². The summed E-state index contributed by atoms with van der Waals surface area (Å²) in [7, 11) is 4.25. The lowest BCUT2D eigenvalue weighted by Crippen LogP contribution is -2.45. The molecule has 1 aromatic rings. The van der Waals surface area contributed by atoms with E-state index in [1.807, 2.05) is 13.1 Å². The Morgan fingerprint density at radius 3 is 2.94 bits per heavy atom. The number of anilines is 1. The molecule has 0 radical (unpaired) electrons. The van der Waals surface area contributed by atoms with Gasteiger partial charge in [0.25, 0.3) is 0 Å². The predicted molar refractivity (Wildman–Crippen MR) is 73.6 cm³/mol. The molecule has 1 saturated heterocycles. The van der Waals surface area contributed by atoms with Gasteiger partial charge in [0.05, 0.1) is 0 Å². The molecule has 5 nitrogen and oxygen atoms in total. The van der Waals surface area contributed by atoms with E-state index >= 15 is 0 Å². The van der Waals surface area contributed by atoms with E-state index in [-0.39, 0.29) is 0 Å². The minimum atomic E-state index is 0.502. The minimum Gasteiger partial charge on any atom is -0.340 e. The van der Waals surface area contributed by atoms with E-state index < -0.39 is 0 Å². The van der Waals surface area contributed by atoms with Crippen molar-refractivity contribution in [1.29, 1.82) is 0 Å². The zero-order valence-electron chi connectivity index (χ0n) is 11.6. The monoisotopic (exact) mass is 249 g/mol. The molecular weight excluding hydrogens is 226 g/mol. The Labute approximate surface area is 109 Å². The predicted octanol–water partition coefficient (Wildman–Crippen LogP) is 0.774. The average Bonchev–Trinajstić information content (AvgIpc) is 2.37. The van der Waals surface area contributed by atoms with E-state index in [9.17, 15) is 0 Å². The third kappa shape index (κ3) is 2.79. The summed E-state index contributed by atoms with van der Waals surface area (Å²) < 4.78 is 0. The summed E-state index contributed by atoms with van der Waals surface area (Å²) in [6.07, 6.45) is 4.30. The Bertz CT molecular complexity index is 406. The standard InChI is InChI=1S/C13H23N5/c1-10-11(7-14)8-15-13(16-10)18(3)12-5-4-6-17(2)9-12/h8,12H,4-7,9,14H2,1-3H3. The molecule has 2 heterocycles. The molecule has 0 spiro atoms. The van der Waals surface area contributed by atoms with E-state index in [0.29, 0.717) is 12.6 Å². The van der Waals surface area contributed by atoms with Crippen LogP contribution in [0.25, 0.3) is 0 Å². The number of hydrogen-bond acceptors (Lipinski definition) is 5. The van der Waals surface area contributed by atoms with Gasteiger partial charge in [0, 0.05) is 43.6 Å². The molecule has 100 valence electrons. The highest BCUT2D eigenvalue weighted by Gasteiger charge is 2.22. The molecule has 18 heavy (non-hydrogen) atoms. The van der Waals surface area contributed by atoms with E-state index in [4.69, 9.17) is 5.73 Å². The van der Waals surface area contributed by atoms with Crippen LogP contribution in [0.1, 0.15) is 24.1 Å². The van der Waals surface area contributed by atoms with Gasteiger partial charge in [-0.25, -0.2) is 9.97 Å². The van der Waals surface area contributed by atoms with Gasteiger partial charge < -0.3 is 15.5 Å². The van der Waals surface area contributed by atoms with Crippen LogP contribution in [0, 0.1) is 6.92 Å². The molecule has 0 bridgehead atoms. The van der Waals surface area contributed by atoms with Gasteiger partial charge in [0.15, 0.2) is 0 Å². The number of likely N-dealkylation sites (N-methyl/N-ethyl adjacent to an activating group) is 2. The average molecular weight is 249 g/mol. The number of aryl methyl sites for hydroxylation is 1. The molecular formula is C13H23N5. The first-order valence-corrected chi connectivity index (χ1v) is 6.55. The van der Waals surface area contributed by atoms with Crippen molar-refractivity contribution in [2.45, 2.75) is 32.4 Å². The van der Waals surface area contributed by atoms with Crippen molar-refractivity contribution >= 4 is 5.95 Å². The topological polar surface area (TPSA) is 58.3 Å². The second kappa shape index (κ2) is 5.63. The third-order valence-electron chi connectivity index (χ3n) is 3.75. The van der Waals surface area contributed by atoms with Crippen LogP contribution in [0.3, 0.4) is 0 Å². The summed E-state index contributed by atoms with van der Waals surface area (Å²) in [5, 5.41) is 0. The van der Waals surface area contributed by atoms with Crippen LogP contribution in [0.4, 0.5) is 5.95 Å². The van der Waals surface area contributed by atoms with Gasteiger partial charge in [-0.3, -0.25) is 0 Å². The Morgan fingerprint density at radius 1 is 1.56 bits per heavy atom. The first-order valence-electron chi connectivity index (χ1n) is 6.55. The first kappa shape index (κ1) is 13.2. The highest BCUT2D eigenvalue weighted by atomic mass is 15.3. The summed E-state index contributed by atoms with van der Waals surface area (Å²) >= 11 is 0. The third-order valence-corrected chi connectivity index (χ3v) is 3.75. The highest BCUT2D eigenvalue weighted by molar-refractivity contribution is 5.33. The summed E-state index contributed by atoms with van der Waals surface area (Å²) in [6.45, 7) is 4.77. The summed E-state index contributed by atoms with van der Waals surface area (Å²) in [6, 6.07) is 0.506. The molecule has 0 aromatic carbocycles. The normalized spacial score (nSPS) is 21.0. The number of nitrogens with two attached hydrogens (primary N) is 1. The zero-order valence-corrected chi connectivity index (χ0v) is 11.6. The van der Waals surface area contributed by atoms with Crippen molar-refractivity contribution in [3.63, 3.8) is 0 Å². The number of aromatic nitrogens is 2. The maximum Gasteiger partial charge on any atom is 0.225 e. The Hall–Kier alpha value is -1.20. The van der Waals surface area contributed by atoms with Crippen molar-refractivity contribution in [3.8, 4) is 0 Å². The molecule has 1 atom stereocenters. The molecule has 1 aliphatic rings. The smallest absolute Gasteiger partial charge is 0.225 e. The van der Waals surface area contributed by atoms with Crippen molar-refractivity contribution in [2.24, 2.45) is 5.73 Å². The fraction of sp³-hybridized carbons (Fsp3) is 0.692. The highest BCUT2D eigenvalue weighted by Crippen LogP contribution is 2.18. The summed E-state index contributed by atoms with van der Waals surface area (Å²) in [5.74, 6) is 0.810. The van der Waals surface area contributed by atoms with Crippen molar-refractivity contribution in [1.82, 2.24) is 14.9 Å². The van der Waals surface area contributed by atoms with Gasteiger partial charge in [-0.05, 0) is 33.4 Å². The van der Waals surface area contributed by atoms with Crippen LogP contribution in [0.5, 0.6) is 0 Å². The van der Waals surface area contributed by atoms with E-state index in [1.54, 1.807) is 0 Å². The van der Waals surface area contributed by atoms with Gasteiger partial charge in [-0.1, -0.05) is 0 Å². The lowest BCUT2D eigenvalue weighted by atomic mass is 10.1. The first-order chi connectivity index (χ1) is 8.61. The largest absolute Gasteiger partial charge is 0.340 e. The molecule has 0 saturated carbocycles. The Morgan fingerprint density at radius 2 is 2.33 bits per heavy atom. The lowest BCUT2D eigenvalue weighted by molar-refractivity contribution is 0.247. The SMILES string of the molecule is Cc1nc(N(C)C2CCCN(C)C2)ncc1CN. The van der Waals surface area contributed by atoms with Crippen LogP contribution in [0.15, 0.2) is 6.20 Å². The maximum atomic E-state index is 5.64. The van der Waals surface area contributed by atoms with E-state index in [0.717, 1.165) is 23.8 Å². The lowest BCUT2D eigenvalue weighted by Gasteiger charge is -2.35. The minimum absolute atomic E-state index is 0.502. The molecule has 5 heteroatoms. The van der Waals surface area contributed by atoms with E-state index in [2.05, 4.69) is 33.9 Å². The molecule has 1 fully saturated rings. The molecule has 0 aliphatic carbocycles. The second-order valence-corrected chi connectivity index (χ2v) is 5.15. The van der Waals surface area contributed by atoms with E-state index in [1.165, 1.54) is 19.4 Å². The molecule has 1 aliphatic heterocycles. The van der Waals surface area contributed by atoms with Gasteiger partial charge in [0.1, 0.15) is 0 Å². The summed E-state index contributed by atoms with van der Waals surface area (Å²) in [5.41, 5.74) is 7.64. The molecule has 2 N–H and O–H groups in total. The number of piperidine rings is 1. The molecule has 2 rings (SSSR count). The maximum absolute atomic E-state index is 5.64. The number of rotatable bonds is 3. The van der Waals surface area contributed by atoms with Crippen molar-refractivity contribution in [2.75, 3.05) is 32.1 Å². The molecule has 1 aromatic heterocycles. The van der Waals surface area contributed by atoms with Crippen LogP contribution in [-0.2, 0) is 6.54 Å². The van der Waals surface area contributed by atoms with Gasteiger partial charge >= 0.3 is 0 Å². The fourth-order valence-electron chi connectivity index (χ4n) is 2.47. The number of hydrogen-bond donors (Lipinski definition) is 1. The van der Waals surface area contributed by atoms with Crippen molar-refractivity contribution in [3.05, 3.63) is 17.5 Å². The van der Waals surface area contributed by atoms with Gasteiger partial charge in [-0.15, -0.1) is 0 Å². The zero-order chi connectivity index (χ0) is 13.1. The second-order valence-electron chi connectivity index (χ2n) is 5.15. The fourth-order valence-corrected chi connectivity index (χ4v) is 2.47. The van der Waals surface area contributed by atoms with Crippen LogP contribution >= 0.6 is 0 Å². The van der Waals surface area contributed by atoms with Gasteiger partial charge in [-0.2, -0.15) is 0 Å². The van der Waals surface area contributed by atoms with Crippen LogP contribution < -0.4 is 10.6 Å². The molecule has 0 amide bonds. The number of nitrogens with zero attached hydrogens (tertiary/aromatic N) is 4. The number of likely N-dealkylation sites (tertiary alicyclic amines) is 1. The Kier molecular flexibility index (Phi) is 4.14. The van der Waals surface area contributed by atoms with Gasteiger partial charge in [0.2, 0.25) is 5.95 Å². The van der Waals surface area contributed by atoms with Crippen molar-refractivity contribution < 1.29 is 0 Å². The quantitative estimate of drug-likeness (QED) is 0.857.